The summed E-state index contributed by atoms with van der Waals surface area (Å²) in [6.07, 6.45) is 3.62. The summed E-state index contributed by atoms with van der Waals surface area (Å²) in [5.74, 6) is 0.679. The van der Waals surface area contributed by atoms with Crippen molar-refractivity contribution in [2.24, 2.45) is 0 Å². The van der Waals surface area contributed by atoms with Crippen LogP contribution in [0.2, 0.25) is 0 Å². The van der Waals surface area contributed by atoms with E-state index < -0.39 is 0 Å². The molecule has 1 aliphatic rings. The molecule has 1 aliphatic carbocycles. The van der Waals surface area contributed by atoms with Gasteiger partial charge in [-0.1, -0.05) is 18.9 Å². The smallest absolute Gasteiger partial charge is 0.318 e. The summed E-state index contributed by atoms with van der Waals surface area (Å²) in [6, 6.07) is 1.32. The van der Waals surface area contributed by atoms with Crippen molar-refractivity contribution in [2.45, 2.75) is 45.7 Å². The molecule has 5 nitrogen and oxygen atoms in total. The summed E-state index contributed by atoms with van der Waals surface area (Å²) >= 11 is 0. The predicted molar refractivity (Wildman–Crippen MR) is 62.3 cm³/mol. The molecule has 1 aromatic rings. The minimum Gasteiger partial charge on any atom is -0.407 e. The predicted octanol–water partition coefficient (Wildman–Crippen LogP) is 1.56. The largest absolute Gasteiger partial charge is 0.407 e. The highest BCUT2D eigenvalue weighted by molar-refractivity contribution is 5.29. The Morgan fingerprint density at radius 3 is 2.81 bits per heavy atom. The second-order valence-corrected chi connectivity index (χ2v) is 4.18. The van der Waals surface area contributed by atoms with Crippen LogP contribution in [-0.4, -0.2) is 29.3 Å². The summed E-state index contributed by atoms with van der Waals surface area (Å²) in [7, 11) is 0. The van der Waals surface area contributed by atoms with Crippen molar-refractivity contribution in [3.8, 4) is 0 Å². The van der Waals surface area contributed by atoms with Crippen LogP contribution in [0.25, 0.3) is 0 Å². The van der Waals surface area contributed by atoms with Gasteiger partial charge in [-0.2, -0.15) is 0 Å². The van der Waals surface area contributed by atoms with Gasteiger partial charge in [-0.25, -0.2) is 0 Å². The Labute approximate surface area is 96.2 Å². The fourth-order valence-electron chi connectivity index (χ4n) is 1.73. The van der Waals surface area contributed by atoms with Crippen LogP contribution < -0.4 is 10.2 Å². The van der Waals surface area contributed by atoms with E-state index >= 15 is 0 Å². The van der Waals surface area contributed by atoms with Gasteiger partial charge in [0.25, 0.3) is 0 Å². The molecule has 0 saturated heterocycles. The lowest BCUT2D eigenvalue weighted by Crippen LogP contribution is -2.26. The van der Waals surface area contributed by atoms with Crippen molar-refractivity contribution in [3.63, 3.8) is 0 Å². The van der Waals surface area contributed by atoms with Crippen LogP contribution in [0.15, 0.2) is 4.42 Å². The summed E-state index contributed by atoms with van der Waals surface area (Å²) in [6.45, 7) is 6.82. The van der Waals surface area contributed by atoms with E-state index in [0.29, 0.717) is 24.5 Å². The molecule has 0 aromatic carbocycles. The minimum absolute atomic E-state index is 0.632. The normalized spacial score (nSPS) is 15.4. The molecule has 0 amide bonds. The van der Waals surface area contributed by atoms with E-state index in [4.69, 9.17) is 4.42 Å². The maximum atomic E-state index is 5.64. The van der Waals surface area contributed by atoms with Crippen molar-refractivity contribution >= 4 is 6.01 Å². The number of rotatable bonds is 7. The third kappa shape index (κ3) is 2.72. The highest BCUT2D eigenvalue weighted by Crippen LogP contribution is 2.30. The van der Waals surface area contributed by atoms with Gasteiger partial charge in [0.1, 0.15) is 0 Å². The van der Waals surface area contributed by atoms with Gasteiger partial charge in [0.2, 0.25) is 5.89 Å². The Bertz CT molecular complexity index is 322. The molecule has 0 atom stereocenters. The van der Waals surface area contributed by atoms with Crippen LogP contribution in [-0.2, 0) is 6.54 Å². The molecule has 0 radical (unpaired) electrons. The Balaban J connectivity index is 1.97. The highest BCUT2D eigenvalue weighted by atomic mass is 16.4. The first kappa shape index (κ1) is 11.4. The van der Waals surface area contributed by atoms with E-state index in [0.717, 1.165) is 19.5 Å². The molecule has 1 aromatic heterocycles. The summed E-state index contributed by atoms with van der Waals surface area (Å²) < 4.78 is 5.64. The van der Waals surface area contributed by atoms with Crippen molar-refractivity contribution in [2.75, 3.05) is 18.0 Å². The monoisotopic (exact) mass is 224 g/mol. The van der Waals surface area contributed by atoms with Crippen molar-refractivity contribution in [3.05, 3.63) is 5.89 Å². The van der Waals surface area contributed by atoms with E-state index in [1.807, 2.05) is 0 Å². The molecule has 16 heavy (non-hydrogen) atoms. The molecule has 0 bridgehead atoms. The summed E-state index contributed by atoms with van der Waals surface area (Å²) in [5.41, 5.74) is 0. The molecule has 2 rings (SSSR count). The Morgan fingerprint density at radius 1 is 1.38 bits per heavy atom. The Hall–Kier alpha value is -1.10. The van der Waals surface area contributed by atoms with Gasteiger partial charge in [-0.3, -0.25) is 0 Å². The standard InChI is InChI=1S/C11H20N4O/c1-3-7-15(9-5-6-9)11-14-13-10(16-11)8-12-4-2/h9,12H,3-8H2,1-2H3. The lowest BCUT2D eigenvalue weighted by atomic mass is 10.4. The number of aromatic nitrogens is 2. The minimum atomic E-state index is 0.632. The van der Waals surface area contributed by atoms with Gasteiger partial charge in [0.05, 0.1) is 6.54 Å². The Morgan fingerprint density at radius 2 is 2.19 bits per heavy atom. The molecule has 0 unspecified atom stereocenters. The molecular formula is C11H20N4O. The van der Waals surface area contributed by atoms with Crippen LogP contribution in [0.1, 0.15) is 39.0 Å². The second-order valence-electron chi connectivity index (χ2n) is 4.18. The highest BCUT2D eigenvalue weighted by Gasteiger charge is 2.31. The second kappa shape index (κ2) is 5.30. The van der Waals surface area contributed by atoms with E-state index in [-0.39, 0.29) is 0 Å². The lowest BCUT2D eigenvalue weighted by molar-refractivity contribution is 0.462. The molecule has 5 heteroatoms. The summed E-state index contributed by atoms with van der Waals surface area (Å²) in [5, 5.41) is 11.3. The van der Waals surface area contributed by atoms with Gasteiger partial charge in [0.15, 0.2) is 0 Å². The molecule has 1 fully saturated rings. The molecule has 1 heterocycles. The number of hydrogen-bond acceptors (Lipinski definition) is 5. The number of hydrogen-bond donors (Lipinski definition) is 1. The molecule has 0 spiro atoms. The van der Waals surface area contributed by atoms with Gasteiger partial charge >= 0.3 is 6.01 Å². The van der Waals surface area contributed by atoms with Gasteiger partial charge in [-0.15, -0.1) is 5.10 Å². The zero-order chi connectivity index (χ0) is 11.4. The van der Waals surface area contributed by atoms with Crippen LogP contribution >= 0.6 is 0 Å². The number of nitrogens with one attached hydrogen (secondary N) is 1. The van der Waals surface area contributed by atoms with Crippen LogP contribution in [0.5, 0.6) is 0 Å². The quantitative estimate of drug-likeness (QED) is 0.761. The van der Waals surface area contributed by atoms with Crippen molar-refractivity contribution in [1.29, 1.82) is 0 Å². The van der Waals surface area contributed by atoms with Gasteiger partial charge in [0, 0.05) is 12.6 Å². The van der Waals surface area contributed by atoms with Crippen molar-refractivity contribution < 1.29 is 4.42 Å². The maximum absolute atomic E-state index is 5.64. The first-order valence-electron chi connectivity index (χ1n) is 6.14. The average Bonchev–Trinajstić information content (AvgIpc) is 3.02. The topological polar surface area (TPSA) is 54.2 Å². The lowest BCUT2D eigenvalue weighted by Gasteiger charge is -2.18. The van der Waals surface area contributed by atoms with Crippen LogP contribution in [0.4, 0.5) is 6.01 Å². The molecule has 90 valence electrons. The third-order valence-electron chi connectivity index (χ3n) is 2.68. The third-order valence-corrected chi connectivity index (χ3v) is 2.68. The first-order chi connectivity index (χ1) is 7.85. The zero-order valence-corrected chi connectivity index (χ0v) is 10.1. The van der Waals surface area contributed by atoms with Crippen molar-refractivity contribution in [1.82, 2.24) is 15.5 Å². The van der Waals surface area contributed by atoms with E-state index in [1.54, 1.807) is 0 Å². The van der Waals surface area contributed by atoms with Gasteiger partial charge in [-0.05, 0) is 25.8 Å². The first-order valence-corrected chi connectivity index (χ1v) is 6.14. The summed E-state index contributed by atoms with van der Waals surface area (Å²) in [4.78, 5) is 2.24. The zero-order valence-electron chi connectivity index (χ0n) is 10.1. The number of anilines is 1. The number of nitrogens with zero attached hydrogens (tertiary/aromatic N) is 3. The fourth-order valence-corrected chi connectivity index (χ4v) is 1.73. The Kier molecular flexibility index (Phi) is 3.77. The van der Waals surface area contributed by atoms with Crippen LogP contribution in [0.3, 0.4) is 0 Å². The SMILES string of the molecule is CCCN(c1nnc(CNCC)o1)C1CC1. The average molecular weight is 224 g/mol. The van der Waals surface area contributed by atoms with E-state index in [2.05, 4.69) is 34.3 Å². The molecular weight excluding hydrogens is 204 g/mol. The maximum Gasteiger partial charge on any atom is 0.318 e. The van der Waals surface area contributed by atoms with Gasteiger partial charge < -0.3 is 14.6 Å². The molecule has 0 aliphatic heterocycles. The van der Waals surface area contributed by atoms with E-state index in [9.17, 15) is 0 Å². The van der Waals surface area contributed by atoms with E-state index in [1.165, 1.54) is 12.8 Å². The van der Waals surface area contributed by atoms with Crippen LogP contribution in [0, 0.1) is 0 Å². The molecule has 1 N–H and O–H groups in total. The molecule has 1 saturated carbocycles. The fraction of sp³-hybridized carbons (Fsp3) is 0.818.